The van der Waals surface area contributed by atoms with Gasteiger partial charge in [0.25, 0.3) is 0 Å². The molecule has 0 amide bonds. The molecule has 4 heteroatoms. The Kier molecular flexibility index (Phi) is 4.55. The molecule has 1 aliphatic heterocycles. The normalized spacial score (nSPS) is 21.6. The summed E-state index contributed by atoms with van der Waals surface area (Å²) < 4.78 is 18.6. The summed E-state index contributed by atoms with van der Waals surface area (Å²) in [6.45, 7) is 1.97. The Balaban J connectivity index is 2.18. The van der Waals surface area contributed by atoms with Gasteiger partial charge >= 0.3 is 0 Å². The molecule has 2 rings (SSSR count). The Labute approximate surface area is 107 Å². The Hall–Kier alpha value is -1.13. The van der Waals surface area contributed by atoms with Gasteiger partial charge in [0.05, 0.1) is 13.7 Å². The number of hydrogen-bond acceptors (Lipinski definition) is 3. The fourth-order valence-corrected chi connectivity index (χ4v) is 2.66. The number of hydrogen-bond donors (Lipinski definition) is 2. The van der Waals surface area contributed by atoms with Gasteiger partial charge in [-0.3, -0.25) is 0 Å². The summed E-state index contributed by atoms with van der Waals surface area (Å²) in [7, 11) is 1.45. The Morgan fingerprint density at radius 3 is 2.94 bits per heavy atom. The third-order valence-electron chi connectivity index (χ3n) is 3.70. The molecular formula is C14H20FNO2. The Morgan fingerprint density at radius 2 is 2.39 bits per heavy atom. The van der Waals surface area contributed by atoms with Crippen LogP contribution >= 0.6 is 0 Å². The second-order valence-electron chi connectivity index (χ2n) is 4.79. The fraction of sp³-hybridized carbons (Fsp3) is 0.571. The van der Waals surface area contributed by atoms with Gasteiger partial charge in [0.2, 0.25) is 0 Å². The van der Waals surface area contributed by atoms with E-state index in [9.17, 15) is 9.50 Å². The summed E-state index contributed by atoms with van der Waals surface area (Å²) in [4.78, 5) is 0. The van der Waals surface area contributed by atoms with Crippen LogP contribution in [0.3, 0.4) is 0 Å². The fourth-order valence-electron chi connectivity index (χ4n) is 2.66. The van der Waals surface area contributed by atoms with Crippen LogP contribution in [0.4, 0.5) is 4.39 Å². The second kappa shape index (κ2) is 6.16. The largest absolute Gasteiger partial charge is 0.494 e. The summed E-state index contributed by atoms with van der Waals surface area (Å²) in [6, 6.07) is 4.95. The van der Waals surface area contributed by atoms with Gasteiger partial charge in [0.1, 0.15) is 0 Å². The average Bonchev–Trinajstić information content (AvgIpc) is 2.41. The van der Waals surface area contributed by atoms with Crippen LogP contribution in [0.1, 0.15) is 24.3 Å². The van der Waals surface area contributed by atoms with Crippen molar-refractivity contribution in [1.82, 2.24) is 5.32 Å². The van der Waals surface area contributed by atoms with E-state index in [1.807, 2.05) is 6.07 Å². The topological polar surface area (TPSA) is 41.5 Å². The van der Waals surface area contributed by atoms with Gasteiger partial charge in [-0.1, -0.05) is 6.07 Å². The summed E-state index contributed by atoms with van der Waals surface area (Å²) >= 11 is 0. The molecular weight excluding hydrogens is 233 g/mol. The van der Waals surface area contributed by atoms with Gasteiger partial charge in [-0.2, -0.15) is 0 Å². The Morgan fingerprint density at radius 1 is 1.56 bits per heavy atom. The molecule has 0 aromatic heterocycles. The van der Waals surface area contributed by atoms with Gasteiger partial charge in [-0.15, -0.1) is 0 Å². The number of aliphatic hydroxyl groups is 1. The van der Waals surface area contributed by atoms with Crippen LogP contribution in [-0.4, -0.2) is 31.9 Å². The number of piperidine rings is 1. The molecule has 1 saturated heterocycles. The highest BCUT2D eigenvalue weighted by molar-refractivity contribution is 5.31. The van der Waals surface area contributed by atoms with E-state index in [1.54, 1.807) is 6.07 Å². The minimum atomic E-state index is -0.364. The number of aliphatic hydroxyl groups excluding tert-OH is 1. The lowest BCUT2D eigenvalue weighted by molar-refractivity contribution is 0.203. The van der Waals surface area contributed by atoms with E-state index in [0.29, 0.717) is 5.92 Å². The first-order chi connectivity index (χ1) is 8.76. The highest BCUT2D eigenvalue weighted by Crippen LogP contribution is 2.31. The van der Waals surface area contributed by atoms with Crippen LogP contribution in [0.2, 0.25) is 0 Å². The minimum absolute atomic E-state index is 0.00166. The number of benzene rings is 1. The van der Waals surface area contributed by atoms with E-state index in [4.69, 9.17) is 4.74 Å². The minimum Gasteiger partial charge on any atom is -0.494 e. The first kappa shape index (κ1) is 13.3. The molecule has 0 spiro atoms. The van der Waals surface area contributed by atoms with Crippen molar-refractivity contribution in [1.29, 1.82) is 0 Å². The third kappa shape index (κ3) is 2.82. The zero-order chi connectivity index (χ0) is 13.0. The number of halogens is 1. The zero-order valence-corrected chi connectivity index (χ0v) is 10.7. The van der Waals surface area contributed by atoms with Crippen LogP contribution in [0, 0.1) is 11.7 Å². The molecule has 0 bridgehead atoms. The Bertz CT molecular complexity index is 391. The predicted molar refractivity (Wildman–Crippen MR) is 68.4 cm³/mol. The van der Waals surface area contributed by atoms with Crippen LogP contribution in [0.25, 0.3) is 0 Å². The van der Waals surface area contributed by atoms with Crippen molar-refractivity contribution in [2.75, 3.05) is 26.8 Å². The summed E-state index contributed by atoms with van der Waals surface area (Å²) in [5.41, 5.74) is 0.851. The first-order valence-electron chi connectivity index (χ1n) is 6.41. The molecule has 18 heavy (non-hydrogen) atoms. The number of methoxy groups -OCH3 is 1. The molecule has 1 aliphatic rings. The van der Waals surface area contributed by atoms with Crippen molar-refractivity contribution in [3.63, 3.8) is 0 Å². The van der Waals surface area contributed by atoms with Gasteiger partial charge in [0.15, 0.2) is 11.6 Å². The highest BCUT2D eigenvalue weighted by atomic mass is 19.1. The van der Waals surface area contributed by atoms with E-state index in [1.165, 1.54) is 13.2 Å². The lowest BCUT2D eigenvalue weighted by Gasteiger charge is -2.30. The van der Waals surface area contributed by atoms with E-state index in [-0.39, 0.29) is 24.1 Å². The first-order valence-corrected chi connectivity index (χ1v) is 6.41. The van der Waals surface area contributed by atoms with Crippen LogP contribution in [0.5, 0.6) is 5.75 Å². The molecule has 3 nitrogen and oxygen atoms in total. The lowest BCUT2D eigenvalue weighted by atomic mass is 9.82. The maximum absolute atomic E-state index is 13.7. The van der Waals surface area contributed by atoms with E-state index in [0.717, 1.165) is 31.5 Å². The predicted octanol–water partition coefficient (Wildman–Crippen LogP) is 1.91. The van der Waals surface area contributed by atoms with Crippen molar-refractivity contribution in [3.8, 4) is 5.75 Å². The SMILES string of the molecule is COc1ccc(C(CO)C2CCCNC2)cc1F. The molecule has 2 unspecified atom stereocenters. The molecule has 1 aromatic rings. The molecule has 1 heterocycles. The molecule has 1 aromatic carbocycles. The summed E-state index contributed by atoms with van der Waals surface area (Å²) in [6.07, 6.45) is 2.19. The highest BCUT2D eigenvalue weighted by Gasteiger charge is 2.25. The van der Waals surface area contributed by atoms with Crippen molar-refractivity contribution >= 4 is 0 Å². The third-order valence-corrected chi connectivity index (χ3v) is 3.70. The molecule has 100 valence electrons. The molecule has 0 saturated carbocycles. The zero-order valence-electron chi connectivity index (χ0n) is 10.7. The number of rotatable bonds is 4. The molecule has 2 atom stereocenters. The van der Waals surface area contributed by atoms with Gasteiger partial charge in [-0.05, 0) is 49.5 Å². The van der Waals surface area contributed by atoms with Crippen molar-refractivity contribution in [2.24, 2.45) is 5.92 Å². The van der Waals surface area contributed by atoms with E-state index in [2.05, 4.69) is 5.32 Å². The molecule has 1 fully saturated rings. The molecule has 2 N–H and O–H groups in total. The van der Waals surface area contributed by atoms with Crippen LogP contribution in [-0.2, 0) is 0 Å². The standard InChI is InChI=1S/C14H20FNO2/c1-18-14-5-4-10(7-13(14)15)12(9-17)11-3-2-6-16-8-11/h4-5,7,11-12,16-17H,2-3,6,8-9H2,1H3. The van der Waals surface area contributed by atoms with Crippen molar-refractivity contribution in [2.45, 2.75) is 18.8 Å². The van der Waals surface area contributed by atoms with E-state index >= 15 is 0 Å². The van der Waals surface area contributed by atoms with Gasteiger partial charge in [0, 0.05) is 5.92 Å². The van der Waals surface area contributed by atoms with E-state index < -0.39 is 0 Å². The summed E-state index contributed by atoms with van der Waals surface area (Å²) in [5, 5.41) is 12.9. The maximum atomic E-state index is 13.7. The average molecular weight is 253 g/mol. The second-order valence-corrected chi connectivity index (χ2v) is 4.79. The number of ether oxygens (including phenoxy) is 1. The number of nitrogens with one attached hydrogen (secondary N) is 1. The van der Waals surface area contributed by atoms with Gasteiger partial charge in [-0.25, -0.2) is 4.39 Å². The summed E-state index contributed by atoms with van der Waals surface area (Å²) in [5.74, 6) is 0.254. The van der Waals surface area contributed by atoms with Crippen molar-refractivity contribution in [3.05, 3.63) is 29.6 Å². The van der Waals surface area contributed by atoms with Crippen LogP contribution < -0.4 is 10.1 Å². The smallest absolute Gasteiger partial charge is 0.165 e. The lowest BCUT2D eigenvalue weighted by Crippen LogP contribution is -2.34. The van der Waals surface area contributed by atoms with Gasteiger partial charge < -0.3 is 15.2 Å². The van der Waals surface area contributed by atoms with Crippen molar-refractivity contribution < 1.29 is 14.2 Å². The maximum Gasteiger partial charge on any atom is 0.165 e. The quantitative estimate of drug-likeness (QED) is 0.861. The monoisotopic (exact) mass is 253 g/mol. The van der Waals surface area contributed by atoms with Crippen LogP contribution in [0.15, 0.2) is 18.2 Å². The molecule has 0 radical (unpaired) electrons. The molecule has 0 aliphatic carbocycles.